The van der Waals surface area contributed by atoms with Crippen molar-refractivity contribution in [3.63, 3.8) is 0 Å². The minimum absolute atomic E-state index is 0.189. The molecule has 0 aliphatic rings. The lowest BCUT2D eigenvalue weighted by atomic mass is 10.2. The Bertz CT molecular complexity index is 684. The molecule has 110 valence electrons. The van der Waals surface area contributed by atoms with Gasteiger partial charge >= 0.3 is 5.82 Å². The molecule has 0 fully saturated rings. The Balaban J connectivity index is 1.92. The van der Waals surface area contributed by atoms with Crippen LogP contribution in [0.4, 0.5) is 5.82 Å². The highest BCUT2D eigenvalue weighted by Gasteiger charge is 2.15. The second-order valence-electron chi connectivity index (χ2n) is 4.39. The fraction of sp³-hybridized carbons (Fsp3) is 0.231. The summed E-state index contributed by atoms with van der Waals surface area (Å²) in [7, 11) is 0. The van der Waals surface area contributed by atoms with Crippen LogP contribution in [0.2, 0.25) is 0 Å². The van der Waals surface area contributed by atoms with Crippen molar-refractivity contribution in [1.29, 1.82) is 0 Å². The molecular weight excluding hydrogens is 340 g/mol. The van der Waals surface area contributed by atoms with Gasteiger partial charge in [0, 0.05) is 16.6 Å². The molecule has 1 aromatic carbocycles. The van der Waals surface area contributed by atoms with Gasteiger partial charge in [-0.1, -0.05) is 22.0 Å². The van der Waals surface area contributed by atoms with Crippen LogP contribution in [0.5, 0.6) is 0 Å². The number of nitro groups is 1. The smallest absolute Gasteiger partial charge is 0.358 e. The summed E-state index contributed by atoms with van der Waals surface area (Å²) >= 11 is 3.30. The molecule has 1 aromatic heterocycles. The molecule has 0 radical (unpaired) electrons. The first-order valence-electron chi connectivity index (χ1n) is 6.20. The molecule has 0 aliphatic carbocycles. The molecule has 0 bridgehead atoms. The topological polar surface area (TPSA) is 90.1 Å². The first-order valence-corrected chi connectivity index (χ1v) is 6.99. The van der Waals surface area contributed by atoms with E-state index in [-0.39, 0.29) is 11.7 Å². The second-order valence-corrected chi connectivity index (χ2v) is 5.31. The van der Waals surface area contributed by atoms with Gasteiger partial charge in [-0.05, 0) is 30.0 Å². The number of hydrogen-bond donors (Lipinski definition) is 1. The number of carbonyl (C=O) groups excluding carboxylic acids is 1. The van der Waals surface area contributed by atoms with Crippen molar-refractivity contribution in [2.24, 2.45) is 0 Å². The van der Waals surface area contributed by atoms with E-state index in [4.69, 9.17) is 0 Å². The van der Waals surface area contributed by atoms with E-state index in [1.807, 2.05) is 6.07 Å². The average molecular weight is 353 g/mol. The zero-order chi connectivity index (χ0) is 15.4. The van der Waals surface area contributed by atoms with E-state index in [0.29, 0.717) is 24.3 Å². The van der Waals surface area contributed by atoms with Gasteiger partial charge in [0.15, 0.2) is 0 Å². The predicted octanol–water partition coefficient (Wildman–Crippen LogP) is 2.29. The fourth-order valence-corrected chi connectivity index (χ4v) is 2.21. The summed E-state index contributed by atoms with van der Waals surface area (Å²) < 4.78 is 2.33. The summed E-state index contributed by atoms with van der Waals surface area (Å²) in [5.74, 6) is -0.388. The van der Waals surface area contributed by atoms with E-state index in [0.717, 1.165) is 4.47 Å². The number of carbonyl (C=O) groups is 1. The Morgan fingerprint density at radius 2 is 2.24 bits per heavy atom. The monoisotopic (exact) mass is 352 g/mol. The van der Waals surface area contributed by atoms with Crippen LogP contribution in [0.15, 0.2) is 34.8 Å². The maximum atomic E-state index is 11.9. The Kier molecular flexibility index (Phi) is 4.69. The van der Waals surface area contributed by atoms with Gasteiger partial charge in [-0.15, -0.1) is 0 Å². The Morgan fingerprint density at radius 3 is 2.86 bits per heavy atom. The molecule has 2 rings (SSSR count). The number of aryl methyl sites for hydroxylation is 1. The van der Waals surface area contributed by atoms with Crippen molar-refractivity contribution in [2.45, 2.75) is 13.5 Å². The lowest BCUT2D eigenvalue weighted by molar-refractivity contribution is -0.389. The third-order valence-corrected chi connectivity index (χ3v) is 3.34. The van der Waals surface area contributed by atoms with Crippen molar-refractivity contribution in [3.8, 4) is 0 Å². The van der Waals surface area contributed by atoms with E-state index in [1.165, 1.54) is 10.7 Å². The molecule has 0 spiro atoms. The molecule has 0 saturated heterocycles. The lowest BCUT2D eigenvalue weighted by Gasteiger charge is -2.05. The molecule has 21 heavy (non-hydrogen) atoms. The van der Waals surface area contributed by atoms with Crippen LogP contribution in [-0.4, -0.2) is 27.2 Å². The summed E-state index contributed by atoms with van der Waals surface area (Å²) in [6.07, 6.45) is 0. The van der Waals surface area contributed by atoms with Gasteiger partial charge in [0.25, 0.3) is 5.91 Å². The summed E-state index contributed by atoms with van der Waals surface area (Å²) in [6, 6.07) is 8.45. The third kappa shape index (κ3) is 3.88. The Labute approximate surface area is 129 Å². The SMILES string of the molecule is Cc1cc([N+](=O)[O-])nn1CCNC(=O)c1cccc(Br)c1. The summed E-state index contributed by atoms with van der Waals surface area (Å²) in [6.45, 7) is 2.45. The van der Waals surface area contributed by atoms with Gasteiger partial charge in [0.1, 0.15) is 0 Å². The molecule has 1 N–H and O–H groups in total. The van der Waals surface area contributed by atoms with Gasteiger partial charge < -0.3 is 15.4 Å². The quantitative estimate of drug-likeness (QED) is 0.660. The Hall–Kier alpha value is -2.22. The zero-order valence-electron chi connectivity index (χ0n) is 11.2. The van der Waals surface area contributed by atoms with E-state index >= 15 is 0 Å². The van der Waals surface area contributed by atoms with Crippen LogP contribution in [0.3, 0.4) is 0 Å². The average Bonchev–Trinajstić information content (AvgIpc) is 2.80. The minimum atomic E-state index is -0.538. The standard InChI is InChI=1S/C13H13BrN4O3/c1-9-7-12(18(20)21)16-17(9)6-5-15-13(19)10-3-2-4-11(14)8-10/h2-4,7-8H,5-6H2,1H3,(H,15,19). The minimum Gasteiger partial charge on any atom is -0.358 e. The van der Waals surface area contributed by atoms with Crippen molar-refractivity contribution in [1.82, 2.24) is 15.1 Å². The van der Waals surface area contributed by atoms with Crippen LogP contribution >= 0.6 is 15.9 Å². The maximum absolute atomic E-state index is 11.9. The summed E-state index contributed by atoms with van der Waals surface area (Å²) in [5.41, 5.74) is 1.23. The van der Waals surface area contributed by atoms with Crippen molar-refractivity contribution in [2.75, 3.05) is 6.54 Å². The normalized spacial score (nSPS) is 10.4. The Morgan fingerprint density at radius 1 is 1.48 bits per heavy atom. The first-order chi connectivity index (χ1) is 9.97. The number of nitrogens with one attached hydrogen (secondary N) is 1. The number of rotatable bonds is 5. The largest absolute Gasteiger partial charge is 0.390 e. The van der Waals surface area contributed by atoms with Crippen LogP contribution in [0, 0.1) is 17.0 Å². The number of aromatic nitrogens is 2. The number of benzene rings is 1. The highest BCUT2D eigenvalue weighted by Crippen LogP contribution is 2.12. The first kappa shape index (κ1) is 15.2. The van der Waals surface area contributed by atoms with Crippen LogP contribution < -0.4 is 5.32 Å². The molecule has 0 aliphatic heterocycles. The van der Waals surface area contributed by atoms with Gasteiger partial charge in [-0.25, -0.2) is 0 Å². The number of hydrogen-bond acceptors (Lipinski definition) is 4. The highest BCUT2D eigenvalue weighted by molar-refractivity contribution is 9.10. The van der Waals surface area contributed by atoms with E-state index < -0.39 is 4.92 Å². The molecule has 2 aromatic rings. The summed E-state index contributed by atoms with van der Waals surface area (Å²) in [5, 5.41) is 17.2. The van der Waals surface area contributed by atoms with Crippen LogP contribution in [0.1, 0.15) is 16.1 Å². The number of halogens is 1. The van der Waals surface area contributed by atoms with Gasteiger partial charge in [0.2, 0.25) is 0 Å². The molecule has 7 nitrogen and oxygen atoms in total. The number of amides is 1. The van der Waals surface area contributed by atoms with Crippen molar-refractivity contribution < 1.29 is 9.72 Å². The van der Waals surface area contributed by atoms with Crippen molar-refractivity contribution in [3.05, 3.63) is 56.2 Å². The van der Waals surface area contributed by atoms with Crippen molar-refractivity contribution >= 4 is 27.7 Å². The van der Waals surface area contributed by atoms with Gasteiger partial charge in [0.05, 0.1) is 23.4 Å². The van der Waals surface area contributed by atoms with Crippen LogP contribution in [-0.2, 0) is 6.54 Å². The summed E-state index contributed by atoms with van der Waals surface area (Å²) in [4.78, 5) is 22.0. The van der Waals surface area contributed by atoms with Crippen LogP contribution in [0.25, 0.3) is 0 Å². The van der Waals surface area contributed by atoms with Gasteiger partial charge in [-0.3, -0.25) is 4.79 Å². The molecule has 1 heterocycles. The lowest BCUT2D eigenvalue weighted by Crippen LogP contribution is -2.27. The molecule has 0 saturated carbocycles. The molecule has 0 unspecified atom stereocenters. The highest BCUT2D eigenvalue weighted by atomic mass is 79.9. The number of nitrogens with zero attached hydrogens (tertiary/aromatic N) is 3. The van der Waals surface area contributed by atoms with Gasteiger partial charge in [-0.2, -0.15) is 4.68 Å². The third-order valence-electron chi connectivity index (χ3n) is 2.85. The predicted molar refractivity (Wildman–Crippen MR) is 80.1 cm³/mol. The maximum Gasteiger partial charge on any atom is 0.390 e. The van der Waals surface area contributed by atoms with E-state index in [2.05, 4.69) is 26.3 Å². The molecular formula is C13H13BrN4O3. The van der Waals surface area contributed by atoms with E-state index in [9.17, 15) is 14.9 Å². The molecule has 0 atom stereocenters. The molecule has 8 heteroatoms. The van der Waals surface area contributed by atoms with E-state index in [1.54, 1.807) is 25.1 Å². The second kappa shape index (κ2) is 6.49. The zero-order valence-corrected chi connectivity index (χ0v) is 12.8. The molecule has 1 amide bonds. The fourth-order valence-electron chi connectivity index (χ4n) is 1.82.